The first kappa shape index (κ1) is 26.6. The fourth-order valence-corrected chi connectivity index (χ4v) is 4.58. The Morgan fingerprint density at radius 2 is 1.87 bits per heavy atom. The normalized spacial score (nSPS) is 14.3. The number of aromatic nitrogens is 2. The van der Waals surface area contributed by atoms with Crippen LogP contribution in [0, 0.1) is 5.92 Å². The van der Waals surface area contributed by atoms with E-state index in [1.165, 1.54) is 24.3 Å². The second kappa shape index (κ2) is 10.9. The molecule has 0 spiro atoms. The van der Waals surface area contributed by atoms with Crippen molar-refractivity contribution in [3.05, 3.63) is 64.2 Å². The van der Waals surface area contributed by atoms with Crippen molar-refractivity contribution in [2.45, 2.75) is 38.8 Å². The highest BCUT2D eigenvalue weighted by Crippen LogP contribution is 2.33. The van der Waals surface area contributed by atoms with Crippen LogP contribution in [-0.4, -0.2) is 64.2 Å². The summed E-state index contributed by atoms with van der Waals surface area (Å²) in [5, 5.41) is 3.32. The second-order valence-corrected chi connectivity index (χ2v) is 9.75. The van der Waals surface area contributed by atoms with Crippen molar-refractivity contribution in [3.63, 3.8) is 0 Å². The maximum absolute atomic E-state index is 13.9. The summed E-state index contributed by atoms with van der Waals surface area (Å²) in [7, 11) is 1.50. The number of pyridine rings is 1. The predicted octanol–water partition coefficient (Wildman–Crippen LogP) is 1.16. The molecule has 0 aliphatic carbocycles. The Hall–Kier alpha value is -4.41. The number of hydrogen-bond donors (Lipinski definition) is 3. The lowest BCUT2D eigenvalue weighted by Gasteiger charge is -2.26. The number of methoxy groups -OCH3 is 1. The lowest BCUT2D eigenvalue weighted by atomic mass is 9.99. The monoisotopic (exact) mass is 521 g/mol. The molecule has 1 aliphatic rings. The van der Waals surface area contributed by atoms with E-state index in [0.717, 1.165) is 0 Å². The van der Waals surface area contributed by atoms with Gasteiger partial charge in [-0.05, 0) is 36.6 Å². The number of amides is 3. The van der Waals surface area contributed by atoms with E-state index in [4.69, 9.17) is 10.5 Å². The highest BCUT2D eigenvalue weighted by molar-refractivity contribution is 6.38. The van der Waals surface area contributed by atoms with E-state index in [9.17, 15) is 24.0 Å². The van der Waals surface area contributed by atoms with Gasteiger partial charge in [0.05, 0.1) is 12.6 Å². The van der Waals surface area contributed by atoms with Gasteiger partial charge in [-0.15, -0.1) is 0 Å². The van der Waals surface area contributed by atoms with Crippen LogP contribution in [0.2, 0.25) is 0 Å². The van der Waals surface area contributed by atoms with Gasteiger partial charge < -0.3 is 30.2 Å². The van der Waals surface area contributed by atoms with Gasteiger partial charge >= 0.3 is 0 Å². The number of ketones is 1. The fraction of sp³-hybridized carbons (Fsp3) is 0.370. The molecule has 2 aromatic heterocycles. The first-order valence-corrected chi connectivity index (χ1v) is 12.4. The second-order valence-electron chi connectivity index (χ2n) is 9.75. The number of aromatic amines is 1. The van der Waals surface area contributed by atoms with E-state index in [1.54, 1.807) is 34.9 Å². The van der Waals surface area contributed by atoms with Crippen LogP contribution in [0.4, 0.5) is 0 Å². The van der Waals surface area contributed by atoms with Crippen LogP contribution in [0.15, 0.2) is 47.4 Å². The SMILES string of the molecule is COc1cccc2c1cc(C(N)=O)n2[C@@H](CC(C)C)C(=O)N[C@@H](Cc1ccc[nH]c1=O)C(=O)C(=O)N1CC1. The number of carbonyl (C=O) groups is 4. The summed E-state index contributed by atoms with van der Waals surface area (Å²) in [5.41, 5.74) is 6.20. The number of benzene rings is 1. The van der Waals surface area contributed by atoms with Crippen LogP contribution >= 0.6 is 0 Å². The summed E-state index contributed by atoms with van der Waals surface area (Å²) in [4.78, 5) is 68.4. The molecule has 11 heteroatoms. The van der Waals surface area contributed by atoms with Gasteiger partial charge in [-0.2, -0.15) is 0 Å². The van der Waals surface area contributed by atoms with Crippen LogP contribution < -0.4 is 21.3 Å². The number of Topliss-reactive ketones (excluding diaryl/α,β-unsaturated/α-hetero) is 1. The summed E-state index contributed by atoms with van der Waals surface area (Å²) in [6, 6.07) is 7.73. The van der Waals surface area contributed by atoms with Gasteiger partial charge in [0.25, 0.3) is 17.4 Å². The maximum Gasteiger partial charge on any atom is 0.292 e. The van der Waals surface area contributed by atoms with Gasteiger partial charge in [-0.25, -0.2) is 0 Å². The number of fused-ring (bicyclic) bond motifs is 1. The summed E-state index contributed by atoms with van der Waals surface area (Å²) >= 11 is 0. The Morgan fingerprint density at radius 1 is 1.13 bits per heavy atom. The van der Waals surface area contributed by atoms with Crippen LogP contribution in [0.5, 0.6) is 5.75 Å². The molecule has 4 rings (SSSR count). The Bertz CT molecular complexity index is 1450. The average molecular weight is 522 g/mol. The third-order valence-electron chi connectivity index (χ3n) is 6.53. The van der Waals surface area contributed by atoms with E-state index in [-0.39, 0.29) is 23.6 Å². The van der Waals surface area contributed by atoms with Crippen molar-refractivity contribution < 1.29 is 23.9 Å². The lowest BCUT2D eigenvalue weighted by Crippen LogP contribution is -2.49. The van der Waals surface area contributed by atoms with E-state index < -0.39 is 41.1 Å². The molecule has 38 heavy (non-hydrogen) atoms. The lowest BCUT2D eigenvalue weighted by molar-refractivity contribution is -0.143. The molecule has 3 heterocycles. The minimum atomic E-state index is -1.28. The van der Waals surface area contributed by atoms with Crippen molar-refractivity contribution in [1.29, 1.82) is 0 Å². The topological polar surface area (TPSA) is 156 Å². The molecular weight excluding hydrogens is 490 g/mol. The molecule has 1 aliphatic heterocycles. The highest BCUT2D eigenvalue weighted by atomic mass is 16.5. The van der Waals surface area contributed by atoms with Gasteiger partial charge in [-0.1, -0.05) is 26.0 Å². The van der Waals surface area contributed by atoms with Crippen molar-refractivity contribution in [1.82, 2.24) is 19.8 Å². The van der Waals surface area contributed by atoms with E-state index in [2.05, 4.69) is 10.3 Å². The minimum Gasteiger partial charge on any atom is -0.496 e. The third kappa shape index (κ3) is 5.46. The van der Waals surface area contributed by atoms with E-state index in [0.29, 0.717) is 36.2 Å². The first-order chi connectivity index (χ1) is 18.1. The van der Waals surface area contributed by atoms with Gasteiger partial charge in [0, 0.05) is 36.7 Å². The molecule has 1 saturated heterocycles. The summed E-state index contributed by atoms with van der Waals surface area (Å²) in [6.07, 6.45) is 1.59. The molecule has 4 N–H and O–H groups in total. The van der Waals surface area contributed by atoms with Crippen molar-refractivity contribution in [3.8, 4) is 5.75 Å². The summed E-state index contributed by atoms with van der Waals surface area (Å²) in [6.45, 7) is 4.78. The molecule has 3 aromatic rings. The molecule has 11 nitrogen and oxygen atoms in total. The molecule has 1 aromatic carbocycles. The molecule has 3 amide bonds. The smallest absolute Gasteiger partial charge is 0.292 e. The molecular formula is C27H31N5O6. The first-order valence-electron chi connectivity index (χ1n) is 12.4. The number of carbonyl (C=O) groups excluding carboxylic acids is 4. The molecule has 200 valence electrons. The maximum atomic E-state index is 13.9. The zero-order valence-electron chi connectivity index (χ0n) is 21.5. The van der Waals surface area contributed by atoms with Crippen LogP contribution in [-0.2, 0) is 20.8 Å². The Kier molecular flexibility index (Phi) is 7.65. The molecule has 1 fully saturated rings. The number of hydrogen-bond acceptors (Lipinski definition) is 6. The Morgan fingerprint density at radius 3 is 2.47 bits per heavy atom. The minimum absolute atomic E-state index is 0.0138. The molecule has 0 radical (unpaired) electrons. The number of H-pyrrole nitrogens is 1. The van der Waals surface area contributed by atoms with Gasteiger partial charge in [-0.3, -0.25) is 24.0 Å². The highest BCUT2D eigenvalue weighted by Gasteiger charge is 2.37. The molecule has 0 unspecified atom stereocenters. The standard InChI is InChI=1S/C27H31N5O6/c1-15(2)12-21(32-19-7-4-8-22(38-3)17(19)14-20(32)24(28)34)26(36)30-18(23(33)27(37)31-10-11-31)13-16-6-5-9-29-25(16)35/h4-9,14-15,18,21H,10-13H2,1-3H3,(H2,28,34)(H,29,35)(H,30,36)/t18-,21-/m0/s1. The predicted molar refractivity (Wildman–Crippen MR) is 140 cm³/mol. The summed E-state index contributed by atoms with van der Waals surface area (Å²) in [5.74, 6) is -2.31. The zero-order chi connectivity index (χ0) is 27.6. The number of nitrogens with two attached hydrogens (primary N) is 1. The van der Waals surface area contributed by atoms with Gasteiger partial charge in [0.1, 0.15) is 23.5 Å². The fourth-order valence-electron chi connectivity index (χ4n) is 4.58. The van der Waals surface area contributed by atoms with E-state index >= 15 is 0 Å². The van der Waals surface area contributed by atoms with Crippen LogP contribution in [0.1, 0.15) is 42.4 Å². The van der Waals surface area contributed by atoms with Crippen molar-refractivity contribution in [2.75, 3.05) is 20.2 Å². The third-order valence-corrected chi connectivity index (χ3v) is 6.53. The van der Waals surface area contributed by atoms with Gasteiger partial charge in [0.15, 0.2) is 0 Å². The number of nitrogens with one attached hydrogen (secondary N) is 2. The Labute approximate surface area is 218 Å². The number of primary amides is 1. The van der Waals surface area contributed by atoms with E-state index in [1.807, 2.05) is 13.8 Å². The molecule has 0 saturated carbocycles. The molecule has 2 atom stereocenters. The average Bonchev–Trinajstić information content (AvgIpc) is 3.66. The quantitative estimate of drug-likeness (QED) is 0.254. The van der Waals surface area contributed by atoms with Gasteiger partial charge in [0.2, 0.25) is 11.7 Å². The Balaban J connectivity index is 1.76. The summed E-state index contributed by atoms with van der Waals surface area (Å²) < 4.78 is 6.99. The number of ether oxygens (including phenoxy) is 1. The number of nitrogens with zero attached hydrogens (tertiary/aromatic N) is 2. The van der Waals surface area contributed by atoms with Crippen molar-refractivity contribution >= 4 is 34.4 Å². The van der Waals surface area contributed by atoms with Crippen LogP contribution in [0.25, 0.3) is 10.9 Å². The zero-order valence-corrected chi connectivity index (χ0v) is 21.5. The number of rotatable bonds is 11. The van der Waals surface area contributed by atoms with Crippen LogP contribution in [0.3, 0.4) is 0 Å². The largest absolute Gasteiger partial charge is 0.496 e. The van der Waals surface area contributed by atoms with Crippen molar-refractivity contribution in [2.24, 2.45) is 11.7 Å². The molecule has 0 bridgehead atoms.